The third-order valence-electron chi connectivity index (χ3n) is 5.16. The van der Waals surface area contributed by atoms with E-state index in [1.54, 1.807) is 19.4 Å². The molecule has 0 saturated heterocycles. The predicted molar refractivity (Wildman–Crippen MR) is 103 cm³/mol. The number of methoxy groups -OCH3 is 1. The van der Waals surface area contributed by atoms with Crippen LogP contribution in [-0.4, -0.2) is 28.8 Å². The summed E-state index contributed by atoms with van der Waals surface area (Å²) in [5, 5.41) is 9.02. The van der Waals surface area contributed by atoms with E-state index >= 15 is 0 Å². The number of carbonyl (C=O) groups is 1. The summed E-state index contributed by atoms with van der Waals surface area (Å²) < 4.78 is 51.0. The molecule has 1 atom stereocenters. The van der Waals surface area contributed by atoms with Crippen LogP contribution < -0.4 is 10.6 Å². The fraction of sp³-hybridized carbons (Fsp3) is 0.429. The van der Waals surface area contributed by atoms with Gasteiger partial charge in [-0.05, 0) is 31.0 Å². The van der Waals surface area contributed by atoms with E-state index < -0.39 is 23.3 Å². The zero-order chi connectivity index (χ0) is 21.5. The van der Waals surface area contributed by atoms with Crippen molar-refractivity contribution in [2.24, 2.45) is 5.92 Å². The molecule has 1 fully saturated rings. The molecule has 1 aliphatic heterocycles. The van der Waals surface area contributed by atoms with Crippen molar-refractivity contribution >= 4 is 11.7 Å². The average molecular weight is 418 g/mol. The van der Waals surface area contributed by atoms with Gasteiger partial charge < -0.3 is 15.4 Å². The first kappa shape index (κ1) is 20.3. The van der Waals surface area contributed by atoms with Crippen LogP contribution in [-0.2, 0) is 23.4 Å². The summed E-state index contributed by atoms with van der Waals surface area (Å²) >= 11 is 0. The monoisotopic (exact) mass is 418 g/mol. The summed E-state index contributed by atoms with van der Waals surface area (Å²) in [6.07, 6.45) is 3.33. The van der Waals surface area contributed by atoms with E-state index in [2.05, 4.69) is 27.6 Å². The van der Waals surface area contributed by atoms with Crippen LogP contribution >= 0.6 is 0 Å². The number of urea groups is 1. The van der Waals surface area contributed by atoms with Gasteiger partial charge in [-0.3, -0.25) is 4.68 Å². The minimum absolute atomic E-state index is 0.0321. The predicted octanol–water partition coefficient (Wildman–Crippen LogP) is 3.62. The highest BCUT2D eigenvalue weighted by Crippen LogP contribution is 2.44. The number of nitrogens with one attached hydrogen (secondary N) is 2. The fourth-order valence-corrected chi connectivity index (χ4v) is 3.43. The standard InChI is InChI=1S/C21H21F3N4O2/c1-20(23,24)21(7-5-13-3-4-13)16-10-17(22)14(9-18(16)25-19(29)26-21)11-28-8-6-15(27-28)12-30-2/h6,8-10,13H,3-4,11-12H2,1-2H3,(H2,25,26,29)/t21-/m0/s1. The molecule has 2 heterocycles. The molecule has 1 aromatic heterocycles. The van der Waals surface area contributed by atoms with E-state index in [1.807, 2.05) is 0 Å². The number of nitrogens with zero attached hydrogens (tertiary/aromatic N) is 2. The summed E-state index contributed by atoms with van der Waals surface area (Å²) in [5.74, 6) is 1.28. The summed E-state index contributed by atoms with van der Waals surface area (Å²) in [6.45, 7) is 1.06. The molecule has 2 amide bonds. The van der Waals surface area contributed by atoms with Gasteiger partial charge in [0.25, 0.3) is 5.92 Å². The molecule has 2 N–H and O–H groups in total. The molecular weight excluding hydrogens is 397 g/mol. The molecule has 1 saturated carbocycles. The summed E-state index contributed by atoms with van der Waals surface area (Å²) in [6, 6.07) is 3.31. The Bertz CT molecular complexity index is 1050. The molecule has 158 valence electrons. The Balaban J connectivity index is 1.75. The Morgan fingerprint density at radius 3 is 2.83 bits per heavy atom. The first-order valence-electron chi connectivity index (χ1n) is 9.56. The van der Waals surface area contributed by atoms with E-state index in [9.17, 15) is 18.0 Å². The van der Waals surface area contributed by atoms with Gasteiger partial charge in [0.1, 0.15) is 5.82 Å². The Hall–Kier alpha value is -2.99. The van der Waals surface area contributed by atoms with Gasteiger partial charge in [-0.15, -0.1) is 0 Å². The Morgan fingerprint density at radius 2 is 2.17 bits per heavy atom. The summed E-state index contributed by atoms with van der Waals surface area (Å²) in [4.78, 5) is 12.2. The SMILES string of the molecule is COCc1ccn(Cc2cc3c(cc2F)[C@@](C#CC2CC2)(C(C)(F)F)NC(=O)N3)n1. The van der Waals surface area contributed by atoms with Crippen molar-refractivity contribution in [2.75, 3.05) is 12.4 Å². The van der Waals surface area contributed by atoms with Crippen LogP contribution in [0.4, 0.5) is 23.7 Å². The van der Waals surface area contributed by atoms with Crippen molar-refractivity contribution in [2.45, 2.75) is 44.4 Å². The van der Waals surface area contributed by atoms with Gasteiger partial charge in [-0.25, -0.2) is 18.0 Å². The summed E-state index contributed by atoms with van der Waals surface area (Å²) in [7, 11) is 1.54. The quantitative estimate of drug-likeness (QED) is 0.729. The Kier molecular flexibility index (Phi) is 4.98. The number of rotatable bonds is 5. The number of fused-ring (bicyclic) bond motifs is 1. The number of amides is 2. The first-order valence-corrected chi connectivity index (χ1v) is 9.56. The van der Waals surface area contributed by atoms with Crippen molar-refractivity contribution in [3.8, 4) is 11.8 Å². The molecule has 2 aromatic rings. The minimum atomic E-state index is -3.44. The van der Waals surface area contributed by atoms with E-state index in [4.69, 9.17) is 4.74 Å². The summed E-state index contributed by atoms with van der Waals surface area (Å²) in [5.41, 5.74) is -1.42. The van der Waals surface area contributed by atoms with Gasteiger partial charge in [0.2, 0.25) is 0 Å². The van der Waals surface area contributed by atoms with Crippen molar-refractivity contribution < 1.29 is 22.7 Å². The highest BCUT2D eigenvalue weighted by molar-refractivity contribution is 5.95. The van der Waals surface area contributed by atoms with Crippen molar-refractivity contribution in [3.05, 3.63) is 47.0 Å². The Labute approximate surface area is 171 Å². The number of carbonyl (C=O) groups excluding carboxylic acids is 1. The molecule has 0 bridgehead atoms. The van der Waals surface area contributed by atoms with Gasteiger partial charge in [0.05, 0.1) is 18.8 Å². The normalized spacial score (nSPS) is 20.6. The van der Waals surface area contributed by atoms with Crippen molar-refractivity contribution in [1.29, 1.82) is 0 Å². The largest absolute Gasteiger partial charge is 0.378 e. The minimum Gasteiger partial charge on any atom is -0.378 e. The molecule has 0 spiro atoms. The maximum atomic E-state index is 15.0. The molecule has 6 nitrogen and oxygen atoms in total. The zero-order valence-corrected chi connectivity index (χ0v) is 16.6. The van der Waals surface area contributed by atoms with Gasteiger partial charge >= 0.3 is 6.03 Å². The number of halogens is 3. The number of ether oxygens (including phenoxy) is 1. The lowest BCUT2D eigenvalue weighted by Crippen LogP contribution is -2.59. The van der Waals surface area contributed by atoms with Crippen LogP contribution in [0.25, 0.3) is 0 Å². The highest BCUT2D eigenvalue weighted by Gasteiger charge is 2.55. The van der Waals surface area contributed by atoms with Crippen LogP contribution in [0.5, 0.6) is 0 Å². The van der Waals surface area contributed by atoms with Crippen molar-refractivity contribution in [1.82, 2.24) is 15.1 Å². The number of alkyl halides is 2. The number of hydrogen-bond acceptors (Lipinski definition) is 3. The third kappa shape index (κ3) is 3.75. The molecule has 9 heteroatoms. The van der Waals surface area contributed by atoms with E-state index in [0.717, 1.165) is 18.9 Å². The molecule has 1 aromatic carbocycles. The molecule has 0 unspecified atom stereocenters. The first-order chi connectivity index (χ1) is 14.2. The van der Waals surface area contributed by atoms with E-state index in [-0.39, 0.29) is 29.3 Å². The fourth-order valence-electron chi connectivity index (χ4n) is 3.43. The molecule has 1 aliphatic carbocycles. The second-order valence-corrected chi connectivity index (χ2v) is 7.69. The Morgan fingerprint density at radius 1 is 1.40 bits per heavy atom. The van der Waals surface area contributed by atoms with Crippen LogP contribution in [0.1, 0.15) is 36.6 Å². The number of benzene rings is 1. The molecule has 2 aliphatic rings. The third-order valence-corrected chi connectivity index (χ3v) is 5.16. The van der Waals surface area contributed by atoms with Gasteiger partial charge in [0, 0.05) is 43.0 Å². The second kappa shape index (κ2) is 7.36. The van der Waals surface area contributed by atoms with Crippen LogP contribution in [0.2, 0.25) is 0 Å². The molecule has 0 radical (unpaired) electrons. The number of hydrogen-bond donors (Lipinski definition) is 2. The molecule has 30 heavy (non-hydrogen) atoms. The van der Waals surface area contributed by atoms with Gasteiger partial charge in [-0.1, -0.05) is 11.8 Å². The van der Waals surface area contributed by atoms with E-state index in [0.29, 0.717) is 19.2 Å². The lowest BCUT2D eigenvalue weighted by atomic mass is 9.81. The highest BCUT2D eigenvalue weighted by atomic mass is 19.3. The topological polar surface area (TPSA) is 68.2 Å². The number of aromatic nitrogens is 2. The maximum Gasteiger partial charge on any atom is 0.320 e. The molecule has 4 rings (SSSR count). The number of anilines is 1. The maximum absolute atomic E-state index is 15.0. The van der Waals surface area contributed by atoms with Crippen LogP contribution in [0.3, 0.4) is 0 Å². The average Bonchev–Trinajstić information content (AvgIpc) is 3.39. The van der Waals surface area contributed by atoms with Crippen LogP contribution in [0.15, 0.2) is 24.4 Å². The lowest BCUT2D eigenvalue weighted by Gasteiger charge is -2.40. The molecular formula is C21H21F3N4O2. The smallest absolute Gasteiger partial charge is 0.320 e. The van der Waals surface area contributed by atoms with Gasteiger partial charge in [0.15, 0.2) is 5.54 Å². The second-order valence-electron chi connectivity index (χ2n) is 7.69. The van der Waals surface area contributed by atoms with Crippen LogP contribution in [0, 0.1) is 23.6 Å². The van der Waals surface area contributed by atoms with Gasteiger partial charge in [-0.2, -0.15) is 5.10 Å². The van der Waals surface area contributed by atoms with E-state index in [1.165, 1.54) is 10.7 Å². The zero-order valence-electron chi connectivity index (χ0n) is 16.6. The lowest BCUT2D eigenvalue weighted by molar-refractivity contribution is -0.0465. The van der Waals surface area contributed by atoms with Crippen molar-refractivity contribution in [3.63, 3.8) is 0 Å².